The maximum absolute atomic E-state index is 5.72. The first-order valence-electron chi connectivity index (χ1n) is 5.83. The van der Waals surface area contributed by atoms with Crippen LogP contribution in [0, 0.1) is 0 Å². The molecule has 4 heteroatoms. The molecule has 0 atom stereocenters. The van der Waals surface area contributed by atoms with E-state index < -0.39 is 8.72 Å². The molecule has 0 saturated heterocycles. The molecule has 15 heavy (non-hydrogen) atoms. The lowest BCUT2D eigenvalue weighted by Gasteiger charge is -2.40. The molecule has 1 aliphatic carbocycles. The number of rotatable bonds is 4. The number of hydrogen-bond acceptors (Lipinski definition) is 3. The Morgan fingerprint density at radius 2 is 1.53 bits per heavy atom. The van der Waals surface area contributed by atoms with Gasteiger partial charge in [0.1, 0.15) is 0 Å². The maximum Gasteiger partial charge on any atom is 0.430 e. The molecule has 0 radical (unpaired) electrons. The van der Waals surface area contributed by atoms with E-state index in [0.29, 0.717) is 6.04 Å². The molecule has 1 N–H and O–H groups in total. The summed E-state index contributed by atoms with van der Waals surface area (Å²) in [4.78, 5) is 3.66. The summed E-state index contributed by atoms with van der Waals surface area (Å²) in [6.45, 7) is 6.57. The smallest absolute Gasteiger partial charge is 0.386 e. The van der Waals surface area contributed by atoms with Crippen LogP contribution in [0.2, 0.25) is 5.04 Å². The van der Waals surface area contributed by atoms with Gasteiger partial charge in [-0.25, -0.2) is 0 Å². The van der Waals surface area contributed by atoms with Gasteiger partial charge in [0, 0.05) is 25.3 Å². The fraction of sp³-hybridized carbons (Fsp3) is 1.00. The molecule has 1 fully saturated rings. The molecule has 1 aliphatic rings. The van der Waals surface area contributed by atoms with Crippen LogP contribution in [0.5, 0.6) is 0 Å². The third kappa shape index (κ3) is 2.81. The maximum atomic E-state index is 5.72. The van der Waals surface area contributed by atoms with Gasteiger partial charge in [-0.05, 0) is 12.8 Å². The molecule has 0 unspecified atom stereocenters. The zero-order valence-corrected chi connectivity index (χ0v) is 11.7. The van der Waals surface area contributed by atoms with Crippen LogP contribution in [-0.4, -0.2) is 29.0 Å². The monoisotopic (exact) mass is 231 g/mol. The van der Waals surface area contributed by atoms with Gasteiger partial charge in [-0.1, -0.05) is 33.6 Å². The van der Waals surface area contributed by atoms with E-state index in [2.05, 4.69) is 25.8 Å². The molecule has 0 bridgehead atoms. The van der Waals surface area contributed by atoms with Crippen molar-refractivity contribution in [2.24, 2.45) is 0 Å². The number of nitrogens with one attached hydrogen (secondary N) is 1. The van der Waals surface area contributed by atoms with Crippen LogP contribution in [0.4, 0.5) is 0 Å². The van der Waals surface area contributed by atoms with Gasteiger partial charge in [0.05, 0.1) is 0 Å². The topological polar surface area (TPSA) is 30.5 Å². The molecule has 0 aromatic carbocycles. The standard InChI is InChI=1S/C11H25NO2Si/c1-11(2,3)15(13-4,14-5)12-10-8-6-7-9-10/h10,12H,6-9H2,1-5H3. The van der Waals surface area contributed by atoms with E-state index in [1.165, 1.54) is 25.7 Å². The molecule has 0 amide bonds. The van der Waals surface area contributed by atoms with E-state index in [4.69, 9.17) is 8.85 Å². The molecule has 90 valence electrons. The number of hydrogen-bond donors (Lipinski definition) is 1. The quantitative estimate of drug-likeness (QED) is 0.754. The largest absolute Gasteiger partial charge is 0.430 e. The lowest BCUT2D eigenvalue weighted by Crippen LogP contribution is -2.63. The minimum atomic E-state index is -2.26. The van der Waals surface area contributed by atoms with Crippen LogP contribution in [0.25, 0.3) is 0 Å². The van der Waals surface area contributed by atoms with Crippen LogP contribution in [0.3, 0.4) is 0 Å². The normalized spacial score (nSPS) is 19.8. The van der Waals surface area contributed by atoms with E-state index >= 15 is 0 Å². The van der Waals surface area contributed by atoms with Crippen molar-refractivity contribution in [2.45, 2.75) is 57.5 Å². The summed E-state index contributed by atoms with van der Waals surface area (Å²) in [6.07, 6.45) is 5.19. The van der Waals surface area contributed by atoms with Crippen molar-refractivity contribution in [3.05, 3.63) is 0 Å². The first-order chi connectivity index (χ1) is 6.95. The van der Waals surface area contributed by atoms with Crippen LogP contribution >= 0.6 is 0 Å². The van der Waals surface area contributed by atoms with Crippen molar-refractivity contribution >= 4 is 8.72 Å². The summed E-state index contributed by atoms with van der Waals surface area (Å²) in [5.74, 6) is 0. The third-order valence-electron chi connectivity index (χ3n) is 3.31. The van der Waals surface area contributed by atoms with Crippen molar-refractivity contribution in [3.63, 3.8) is 0 Å². The van der Waals surface area contributed by atoms with Crippen molar-refractivity contribution in [1.29, 1.82) is 0 Å². The van der Waals surface area contributed by atoms with Crippen LogP contribution in [0.1, 0.15) is 46.5 Å². The molecule has 3 nitrogen and oxygen atoms in total. The predicted octanol–water partition coefficient (Wildman–Crippen LogP) is 2.55. The van der Waals surface area contributed by atoms with Crippen LogP contribution < -0.4 is 4.98 Å². The summed E-state index contributed by atoms with van der Waals surface area (Å²) >= 11 is 0. The molecule has 1 rings (SSSR count). The van der Waals surface area contributed by atoms with Gasteiger partial charge in [0.25, 0.3) is 0 Å². The van der Waals surface area contributed by atoms with Gasteiger partial charge >= 0.3 is 8.72 Å². The van der Waals surface area contributed by atoms with Gasteiger partial charge < -0.3 is 8.85 Å². The van der Waals surface area contributed by atoms with Crippen molar-refractivity contribution < 1.29 is 8.85 Å². The average Bonchev–Trinajstić information content (AvgIpc) is 2.64. The lowest BCUT2D eigenvalue weighted by molar-refractivity contribution is 0.193. The Hall–Kier alpha value is 0.0969. The van der Waals surface area contributed by atoms with Gasteiger partial charge in [0.15, 0.2) is 0 Å². The summed E-state index contributed by atoms with van der Waals surface area (Å²) < 4.78 is 11.4. The van der Waals surface area contributed by atoms with Gasteiger partial charge in [-0.3, -0.25) is 4.98 Å². The second-order valence-corrected chi connectivity index (χ2v) is 9.24. The molecule has 0 aromatic heterocycles. The Kier molecular flexibility index (Phi) is 4.35. The Morgan fingerprint density at radius 1 is 1.07 bits per heavy atom. The zero-order valence-electron chi connectivity index (χ0n) is 10.7. The highest BCUT2D eigenvalue weighted by molar-refractivity contribution is 6.68. The molecular weight excluding hydrogens is 206 g/mol. The van der Waals surface area contributed by atoms with Crippen LogP contribution in [-0.2, 0) is 8.85 Å². The second kappa shape index (κ2) is 4.95. The molecule has 0 aromatic rings. The molecular formula is C11H25NO2Si. The zero-order chi connectivity index (χ0) is 11.5. The SMILES string of the molecule is CO[Si](NC1CCCC1)(OC)C(C)(C)C. The van der Waals surface area contributed by atoms with Crippen LogP contribution in [0.15, 0.2) is 0 Å². The highest BCUT2D eigenvalue weighted by Gasteiger charge is 2.50. The summed E-state index contributed by atoms with van der Waals surface area (Å²) in [6, 6.07) is 0.593. The minimum Gasteiger partial charge on any atom is -0.386 e. The van der Waals surface area contributed by atoms with E-state index in [9.17, 15) is 0 Å². The lowest BCUT2D eigenvalue weighted by atomic mass is 10.2. The Labute approximate surface area is 94.9 Å². The van der Waals surface area contributed by atoms with Gasteiger partial charge in [-0.2, -0.15) is 0 Å². The average molecular weight is 231 g/mol. The molecule has 1 saturated carbocycles. The van der Waals surface area contributed by atoms with E-state index in [-0.39, 0.29) is 5.04 Å². The Balaban J connectivity index is 2.71. The van der Waals surface area contributed by atoms with E-state index in [1.54, 1.807) is 14.2 Å². The minimum absolute atomic E-state index is 0.0547. The van der Waals surface area contributed by atoms with Gasteiger partial charge in [0.2, 0.25) is 0 Å². The first kappa shape index (κ1) is 13.2. The highest BCUT2D eigenvalue weighted by Crippen LogP contribution is 2.36. The molecule has 0 aliphatic heterocycles. The summed E-state index contributed by atoms with van der Waals surface area (Å²) in [5, 5.41) is 0.0547. The van der Waals surface area contributed by atoms with Crippen molar-refractivity contribution in [1.82, 2.24) is 4.98 Å². The van der Waals surface area contributed by atoms with Gasteiger partial charge in [-0.15, -0.1) is 0 Å². The molecule has 0 spiro atoms. The third-order valence-corrected chi connectivity index (χ3v) is 7.22. The van der Waals surface area contributed by atoms with E-state index in [1.807, 2.05) is 0 Å². The summed E-state index contributed by atoms with van der Waals surface area (Å²) in [7, 11) is 1.27. The van der Waals surface area contributed by atoms with Crippen molar-refractivity contribution in [3.8, 4) is 0 Å². The second-order valence-electron chi connectivity index (χ2n) is 5.40. The Morgan fingerprint density at radius 3 is 1.87 bits per heavy atom. The fourth-order valence-corrected chi connectivity index (χ4v) is 5.26. The summed E-state index contributed by atoms with van der Waals surface area (Å²) in [5.41, 5.74) is 0. The first-order valence-corrected chi connectivity index (χ1v) is 7.65. The highest BCUT2D eigenvalue weighted by atomic mass is 28.4. The van der Waals surface area contributed by atoms with E-state index in [0.717, 1.165) is 0 Å². The predicted molar refractivity (Wildman–Crippen MR) is 64.9 cm³/mol. The van der Waals surface area contributed by atoms with Crippen molar-refractivity contribution in [2.75, 3.05) is 14.2 Å². The fourth-order valence-electron chi connectivity index (χ4n) is 2.37. The Bertz CT molecular complexity index is 193. The molecule has 0 heterocycles.